The molecule has 0 saturated carbocycles. The first-order valence-electron chi connectivity index (χ1n) is 6.61. The van der Waals surface area contributed by atoms with Gasteiger partial charge in [0.05, 0.1) is 5.25 Å². The number of carbonyl (C=O) groups is 1. The molecule has 0 radical (unpaired) electrons. The van der Waals surface area contributed by atoms with Gasteiger partial charge in [-0.05, 0) is 31.2 Å². The highest BCUT2D eigenvalue weighted by Crippen LogP contribution is 2.29. The van der Waals surface area contributed by atoms with Gasteiger partial charge in [0.2, 0.25) is 11.0 Å². The zero-order chi connectivity index (χ0) is 17.7. The Morgan fingerprint density at radius 1 is 1.29 bits per heavy atom. The Hall–Kier alpha value is -2.01. The largest absolute Gasteiger partial charge is 0.573 e. The van der Waals surface area contributed by atoms with Gasteiger partial charge in [-0.15, -0.1) is 23.4 Å². The van der Waals surface area contributed by atoms with Gasteiger partial charge in [-0.2, -0.15) is 0 Å². The van der Waals surface area contributed by atoms with Crippen LogP contribution in [-0.4, -0.2) is 34.8 Å². The zero-order valence-electron chi connectivity index (χ0n) is 12.5. The number of hydrogen-bond donors (Lipinski definition) is 2. The lowest BCUT2D eigenvalue weighted by atomic mass is 10.3. The van der Waals surface area contributed by atoms with E-state index in [1.165, 1.54) is 35.2 Å². The molecular weight excluding hydrogens is 365 g/mol. The van der Waals surface area contributed by atoms with E-state index in [-0.39, 0.29) is 11.7 Å². The number of amides is 1. The molecule has 24 heavy (non-hydrogen) atoms. The van der Waals surface area contributed by atoms with Crippen LogP contribution in [0.3, 0.4) is 0 Å². The van der Waals surface area contributed by atoms with Crippen molar-refractivity contribution >= 4 is 39.8 Å². The fraction of sp³-hybridized carbons (Fsp3) is 0.308. The zero-order valence-corrected chi connectivity index (χ0v) is 14.2. The molecule has 0 aliphatic carbocycles. The summed E-state index contributed by atoms with van der Waals surface area (Å²) in [6.45, 7) is 1.70. The normalized spacial score (nSPS) is 12.5. The van der Waals surface area contributed by atoms with Gasteiger partial charge in [-0.3, -0.25) is 4.79 Å². The number of hydrogen-bond acceptors (Lipinski definition) is 7. The molecule has 1 atom stereocenters. The molecule has 1 amide bonds. The van der Waals surface area contributed by atoms with Crippen molar-refractivity contribution < 1.29 is 22.7 Å². The third-order valence-corrected chi connectivity index (χ3v) is 4.75. The molecule has 2 N–H and O–H groups in total. The van der Waals surface area contributed by atoms with Crippen molar-refractivity contribution in [3.63, 3.8) is 0 Å². The highest BCUT2D eigenvalue weighted by atomic mass is 32.2. The van der Waals surface area contributed by atoms with Gasteiger partial charge in [0.25, 0.3) is 0 Å². The predicted octanol–water partition coefficient (Wildman–Crippen LogP) is 3.60. The summed E-state index contributed by atoms with van der Waals surface area (Å²) in [5.41, 5.74) is 0.371. The van der Waals surface area contributed by atoms with Crippen molar-refractivity contribution in [2.75, 3.05) is 17.7 Å². The Morgan fingerprint density at radius 2 is 1.96 bits per heavy atom. The summed E-state index contributed by atoms with van der Waals surface area (Å²) in [6, 6.07) is 4.93. The number of ether oxygens (including phenoxy) is 1. The Bertz CT molecular complexity index is 691. The minimum Gasteiger partial charge on any atom is -0.406 e. The molecule has 0 unspecified atom stereocenters. The average Bonchev–Trinajstić information content (AvgIpc) is 2.95. The van der Waals surface area contributed by atoms with Gasteiger partial charge < -0.3 is 15.4 Å². The van der Waals surface area contributed by atoms with E-state index in [0.29, 0.717) is 15.2 Å². The minimum atomic E-state index is -4.75. The number of halogens is 3. The molecule has 0 bridgehead atoms. The fourth-order valence-corrected chi connectivity index (χ4v) is 3.40. The molecule has 0 saturated heterocycles. The Balaban J connectivity index is 1.91. The maximum absolute atomic E-state index is 12.1. The smallest absolute Gasteiger partial charge is 0.406 e. The molecule has 1 aromatic carbocycles. The van der Waals surface area contributed by atoms with E-state index in [1.54, 1.807) is 14.0 Å². The molecule has 11 heteroatoms. The quantitative estimate of drug-likeness (QED) is 0.748. The Labute approximate surface area is 143 Å². The lowest BCUT2D eigenvalue weighted by Crippen LogP contribution is -2.22. The summed E-state index contributed by atoms with van der Waals surface area (Å²) < 4.78 is 40.6. The number of thioether (sulfide) groups is 1. The molecule has 2 aromatic rings. The fourth-order valence-electron chi connectivity index (χ4n) is 1.55. The van der Waals surface area contributed by atoms with Crippen LogP contribution in [0, 0.1) is 0 Å². The molecule has 1 heterocycles. The highest BCUT2D eigenvalue weighted by Gasteiger charge is 2.31. The summed E-state index contributed by atoms with van der Waals surface area (Å²) in [7, 11) is 1.72. The third kappa shape index (κ3) is 5.57. The minimum absolute atomic E-state index is 0.300. The van der Waals surface area contributed by atoms with Crippen LogP contribution in [0.1, 0.15) is 6.92 Å². The number of benzene rings is 1. The summed E-state index contributed by atoms with van der Waals surface area (Å²) in [5.74, 6) is -0.651. The first kappa shape index (κ1) is 18.3. The van der Waals surface area contributed by atoms with Crippen LogP contribution in [-0.2, 0) is 4.79 Å². The van der Waals surface area contributed by atoms with Crippen molar-refractivity contribution in [1.82, 2.24) is 10.2 Å². The van der Waals surface area contributed by atoms with Gasteiger partial charge in [0.15, 0.2) is 4.34 Å². The van der Waals surface area contributed by atoms with E-state index in [1.807, 2.05) is 0 Å². The van der Waals surface area contributed by atoms with Crippen LogP contribution in [0.25, 0.3) is 0 Å². The summed E-state index contributed by atoms with van der Waals surface area (Å²) >= 11 is 2.56. The van der Waals surface area contributed by atoms with Crippen molar-refractivity contribution in [3.05, 3.63) is 24.3 Å². The molecule has 0 aliphatic heterocycles. The van der Waals surface area contributed by atoms with E-state index < -0.39 is 11.6 Å². The van der Waals surface area contributed by atoms with Gasteiger partial charge >= 0.3 is 6.36 Å². The summed E-state index contributed by atoms with van der Waals surface area (Å²) in [6.07, 6.45) is -4.75. The van der Waals surface area contributed by atoms with Crippen LogP contribution in [0.5, 0.6) is 5.75 Å². The molecule has 2 rings (SSSR count). The Morgan fingerprint density at radius 3 is 2.50 bits per heavy atom. The first-order valence-corrected chi connectivity index (χ1v) is 8.31. The van der Waals surface area contributed by atoms with Crippen molar-refractivity contribution in [2.24, 2.45) is 0 Å². The van der Waals surface area contributed by atoms with Crippen LogP contribution in [0.2, 0.25) is 0 Å². The van der Waals surface area contributed by atoms with Crippen LogP contribution >= 0.6 is 23.1 Å². The molecular formula is C13H13F3N4O2S2. The monoisotopic (exact) mass is 378 g/mol. The molecule has 6 nitrogen and oxygen atoms in total. The van der Waals surface area contributed by atoms with Crippen molar-refractivity contribution in [1.29, 1.82) is 0 Å². The second-order valence-electron chi connectivity index (χ2n) is 4.44. The number of aromatic nitrogens is 2. The lowest BCUT2D eigenvalue weighted by Gasteiger charge is -2.12. The molecule has 0 aliphatic rings. The maximum Gasteiger partial charge on any atom is 0.573 e. The number of carbonyl (C=O) groups excluding carboxylic acids is 1. The third-order valence-electron chi connectivity index (χ3n) is 2.62. The van der Waals surface area contributed by atoms with E-state index >= 15 is 0 Å². The number of nitrogens with zero attached hydrogens (tertiary/aromatic N) is 2. The highest BCUT2D eigenvalue weighted by molar-refractivity contribution is 8.02. The van der Waals surface area contributed by atoms with Crippen molar-refractivity contribution in [3.8, 4) is 5.75 Å². The Kier molecular flexibility index (Phi) is 5.89. The van der Waals surface area contributed by atoms with E-state index in [9.17, 15) is 18.0 Å². The van der Waals surface area contributed by atoms with Crippen LogP contribution < -0.4 is 15.4 Å². The molecule has 0 fully saturated rings. The SMILES string of the molecule is CNc1nnc(S[C@H](C)C(=O)Nc2ccc(OC(F)(F)F)cc2)s1. The second kappa shape index (κ2) is 7.71. The second-order valence-corrected chi connectivity index (χ2v) is 7.01. The number of nitrogens with one attached hydrogen (secondary N) is 2. The van der Waals surface area contributed by atoms with E-state index in [4.69, 9.17) is 0 Å². The molecule has 0 spiro atoms. The number of alkyl halides is 3. The van der Waals surface area contributed by atoms with Gasteiger partial charge in [0.1, 0.15) is 5.75 Å². The molecule has 130 valence electrons. The van der Waals surface area contributed by atoms with Gasteiger partial charge in [0, 0.05) is 12.7 Å². The lowest BCUT2D eigenvalue weighted by molar-refractivity contribution is -0.274. The number of rotatable bonds is 6. The van der Waals surface area contributed by atoms with Crippen LogP contribution in [0.15, 0.2) is 28.6 Å². The topological polar surface area (TPSA) is 76.1 Å². The first-order chi connectivity index (χ1) is 11.3. The van der Waals surface area contributed by atoms with Gasteiger partial charge in [-0.1, -0.05) is 23.1 Å². The maximum atomic E-state index is 12.1. The van der Waals surface area contributed by atoms with Gasteiger partial charge in [-0.25, -0.2) is 0 Å². The predicted molar refractivity (Wildman–Crippen MR) is 86.5 cm³/mol. The standard InChI is InChI=1S/C13H13F3N4O2S2/c1-7(23-12-20-19-11(17-2)24-12)10(21)18-8-3-5-9(6-4-8)22-13(14,15)16/h3-7H,1-2H3,(H,17,19)(H,18,21)/t7-/m1/s1. The summed E-state index contributed by atoms with van der Waals surface area (Å²) in [5, 5.41) is 13.5. The molecule has 1 aromatic heterocycles. The van der Waals surface area contributed by atoms with Crippen molar-refractivity contribution in [2.45, 2.75) is 22.9 Å². The van der Waals surface area contributed by atoms with Crippen LogP contribution in [0.4, 0.5) is 24.0 Å². The number of anilines is 2. The summed E-state index contributed by atoms with van der Waals surface area (Å²) in [4.78, 5) is 12.1. The van der Waals surface area contributed by atoms with E-state index in [2.05, 4.69) is 25.6 Å². The van der Waals surface area contributed by atoms with E-state index in [0.717, 1.165) is 12.1 Å². The average molecular weight is 378 g/mol.